The number of aromatic nitrogens is 3. The minimum absolute atomic E-state index is 0.220. The Morgan fingerprint density at radius 2 is 2.35 bits per heavy atom. The zero-order chi connectivity index (χ0) is 12.3. The molecule has 0 radical (unpaired) electrons. The number of halogens is 1. The summed E-state index contributed by atoms with van der Waals surface area (Å²) >= 11 is 3.35. The van der Waals surface area contributed by atoms with E-state index in [1.165, 1.54) is 0 Å². The van der Waals surface area contributed by atoms with Gasteiger partial charge in [0.2, 0.25) is 0 Å². The third-order valence-electron chi connectivity index (χ3n) is 2.16. The van der Waals surface area contributed by atoms with Crippen LogP contribution in [0.1, 0.15) is 11.9 Å². The van der Waals surface area contributed by atoms with E-state index in [1.807, 2.05) is 24.3 Å². The second-order valence-corrected chi connectivity index (χ2v) is 4.39. The van der Waals surface area contributed by atoms with Gasteiger partial charge in [0.05, 0.1) is 0 Å². The predicted molar refractivity (Wildman–Crippen MR) is 66.8 cm³/mol. The predicted octanol–water partition coefficient (Wildman–Crippen LogP) is 1.01. The van der Waals surface area contributed by atoms with Crippen LogP contribution in [0.25, 0.3) is 0 Å². The first-order valence-electron chi connectivity index (χ1n) is 4.97. The molecule has 17 heavy (non-hydrogen) atoms. The lowest BCUT2D eigenvalue weighted by molar-refractivity contribution is 0.182. The first-order valence-corrected chi connectivity index (χ1v) is 5.76. The van der Waals surface area contributed by atoms with E-state index in [2.05, 4.69) is 36.4 Å². The van der Waals surface area contributed by atoms with Crippen molar-refractivity contribution in [3.8, 4) is 0 Å². The van der Waals surface area contributed by atoms with E-state index in [-0.39, 0.29) is 12.4 Å². The van der Waals surface area contributed by atoms with Gasteiger partial charge < -0.3 is 10.4 Å². The van der Waals surface area contributed by atoms with Crippen molar-refractivity contribution in [2.45, 2.75) is 6.10 Å². The molecule has 0 aliphatic heterocycles. The Morgan fingerprint density at radius 1 is 1.53 bits per heavy atom. The summed E-state index contributed by atoms with van der Waals surface area (Å²) in [5, 5.41) is 18.6. The SMILES string of the molecule is O=c1[nH]nc(C(O)CNc2cccc(Br)c2)[nH]1. The summed E-state index contributed by atoms with van der Waals surface area (Å²) in [6.07, 6.45) is -0.868. The fraction of sp³-hybridized carbons (Fsp3) is 0.200. The van der Waals surface area contributed by atoms with Gasteiger partial charge in [0.15, 0.2) is 5.82 Å². The monoisotopic (exact) mass is 298 g/mol. The number of benzene rings is 1. The van der Waals surface area contributed by atoms with Gasteiger partial charge in [-0.05, 0) is 18.2 Å². The van der Waals surface area contributed by atoms with Gasteiger partial charge in [0, 0.05) is 16.7 Å². The number of nitrogens with one attached hydrogen (secondary N) is 3. The maximum Gasteiger partial charge on any atom is 0.340 e. The minimum Gasteiger partial charge on any atom is -0.383 e. The van der Waals surface area contributed by atoms with Gasteiger partial charge in [-0.2, -0.15) is 5.10 Å². The highest BCUT2D eigenvalue weighted by molar-refractivity contribution is 9.10. The van der Waals surface area contributed by atoms with E-state index < -0.39 is 11.8 Å². The summed E-state index contributed by atoms with van der Waals surface area (Å²) in [4.78, 5) is 13.2. The van der Waals surface area contributed by atoms with Crippen molar-refractivity contribution in [1.29, 1.82) is 0 Å². The van der Waals surface area contributed by atoms with Crippen molar-refractivity contribution < 1.29 is 5.11 Å². The lowest BCUT2D eigenvalue weighted by atomic mass is 10.3. The molecule has 0 saturated carbocycles. The fourth-order valence-electron chi connectivity index (χ4n) is 1.35. The maximum atomic E-state index is 10.8. The molecule has 1 heterocycles. The maximum absolute atomic E-state index is 10.8. The Bertz CT molecular complexity index is 551. The highest BCUT2D eigenvalue weighted by Gasteiger charge is 2.10. The number of nitrogens with zero attached hydrogens (tertiary/aromatic N) is 1. The smallest absolute Gasteiger partial charge is 0.340 e. The number of hydrogen-bond acceptors (Lipinski definition) is 4. The van der Waals surface area contributed by atoms with E-state index in [4.69, 9.17) is 0 Å². The van der Waals surface area contributed by atoms with Crippen molar-refractivity contribution in [2.24, 2.45) is 0 Å². The van der Waals surface area contributed by atoms with E-state index in [0.717, 1.165) is 10.2 Å². The number of H-pyrrole nitrogens is 2. The molecule has 1 aromatic carbocycles. The molecule has 4 N–H and O–H groups in total. The molecule has 0 aliphatic rings. The van der Waals surface area contributed by atoms with Gasteiger partial charge in [0.1, 0.15) is 6.10 Å². The molecular weight excluding hydrogens is 288 g/mol. The number of anilines is 1. The molecule has 0 amide bonds. The Kier molecular flexibility index (Phi) is 3.60. The second-order valence-electron chi connectivity index (χ2n) is 3.47. The molecule has 1 atom stereocenters. The summed E-state index contributed by atoms with van der Waals surface area (Å²) < 4.78 is 0.949. The van der Waals surface area contributed by atoms with Gasteiger partial charge in [0.25, 0.3) is 0 Å². The number of aromatic amines is 2. The van der Waals surface area contributed by atoms with Crippen LogP contribution in [-0.4, -0.2) is 26.8 Å². The second kappa shape index (κ2) is 5.15. The Balaban J connectivity index is 1.96. The van der Waals surface area contributed by atoms with Crippen LogP contribution in [0.2, 0.25) is 0 Å². The van der Waals surface area contributed by atoms with Gasteiger partial charge in [-0.3, -0.25) is 4.98 Å². The van der Waals surface area contributed by atoms with E-state index >= 15 is 0 Å². The lowest BCUT2D eigenvalue weighted by Crippen LogP contribution is -2.14. The normalized spacial score (nSPS) is 12.4. The summed E-state index contributed by atoms with van der Waals surface area (Å²) in [5.74, 6) is 0.220. The molecule has 1 aromatic heterocycles. The molecule has 0 saturated heterocycles. The third-order valence-corrected chi connectivity index (χ3v) is 2.65. The summed E-state index contributed by atoms with van der Waals surface area (Å²) in [5.41, 5.74) is 0.442. The first-order chi connectivity index (χ1) is 8.15. The first kappa shape index (κ1) is 11.9. The van der Waals surface area contributed by atoms with Crippen molar-refractivity contribution in [3.05, 3.63) is 45.0 Å². The van der Waals surface area contributed by atoms with Crippen LogP contribution in [0.15, 0.2) is 33.5 Å². The van der Waals surface area contributed by atoms with E-state index in [0.29, 0.717) is 0 Å². The molecule has 1 unspecified atom stereocenters. The molecule has 0 bridgehead atoms. The van der Waals surface area contributed by atoms with Gasteiger partial charge in [-0.1, -0.05) is 22.0 Å². The minimum atomic E-state index is -0.868. The summed E-state index contributed by atoms with van der Waals surface area (Å²) in [7, 11) is 0. The van der Waals surface area contributed by atoms with Crippen LogP contribution in [-0.2, 0) is 0 Å². The molecule has 90 valence electrons. The van der Waals surface area contributed by atoms with Crippen LogP contribution in [0.4, 0.5) is 5.69 Å². The molecule has 0 fully saturated rings. The standard InChI is InChI=1S/C10H11BrN4O2/c11-6-2-1-3-7(4-6)12-5-8(16)9-13-10(17)15-14-9/h1-4,8,12,16H,5H2,(H2,13,14,15,17). The molecule has 2 rings (SSSR count). The highest BCUT2D eigenvalue weighted by Crippen LogP contribution is 2.16. The average Bonchev–Trinajstić information content (AvgIpc) is 2.73. The number of hydrogen-bond donors (Lipinski definition) is 4. The number of aliphatic hydroxyl groups excluding tert-OH is 1. The number of rotatable bonds is 4. The lowest BCUT2D eigenvalue weighted by Gasteiger charge is -2.10. The van der Waals surface area contributed by atoms with Crippen molar-refractivity contribution >= 4 is 21.6 Å². The van der Waals surface area contributed by atoms with Crippen molar-refractivity contribution in [2.75, 3.05) is 11.9 Å². The van der Waals surface area contributed by atoms with Gasteiger partial charge >= 0.3 is 5.69 Å². The van der Waals surface area contributed by atoms with Crippen molar-refractivity contribution in [1.82, 2.24) is 15.2 Å². The summed E-state index contributed by atoms with van der Waals surface area (Å²) in [6, 6.07) is 7.56. The quantitative estimate of drug-likeness (QED) is 0.677. The van der Waals surface area contributed by atoms with Crippen LogP contribution >= 0.6 is 15.9 Å². The molecule has 6 nitrogen and oxygen atoms in total. The largest absolute Gasteiger partial charge is 0.383 e. The molecule has 0 spiro atoms. The topological polar surface area (TPSA) is 93.8 Å². The zero-order valence-corrected chi connectivity index (χ0v) is 10.4. The molecular formula is C10H11BrN4O2. The van der Waals surface area contributed by atoms with Gasteiger partial charge in [-0.25, -0.2) is 9.89 Å². The highest BCUT2D eigenvalue weighted by atomic mass is 79.9. The van der Waals surface area contributed by atoms with Crippen LogP contribution < -0.4 is 11.0 Å². The zero-order valence-electron chi connectivity index (χ0n) is 8.77. The molecule has 7 heteroatoms. The van der Waals surface area contributed by atoms with Gasteiger partial charge in [-0.15, -0.1) is 0 Å². The molecule has 0 aliphatic carbocycles. The van der Waals surface area contributed by atoms with Crippen LogP contribution in [0, 0.1) is 0 Å². The van der Waals surface area contributed by atoms with Crippen LogP contribution in [0.5, 0.6) is 0 Å². The van der Waals surface area contributed by atoms with Crippen LogP contribution in [0.3, 0.4) is 0 Å². The van der Waals surface area contributed by atoms with E-state index in [1.54, 1.807) is 0 Å². The number of aliphatic hydroxyl groups is 1. The average molecular weight is 299 g/mol. The van der Waals surface area contributed by atoms with E-state index in [9.17, 15) is 9.90 Å². The fourth-order valence-corrected chi connectivity index (χ4v) is 1.75. The van der Waals surface area contributed by atoms with Crippen molar-refractivity contribution in [3.63, 3.8) is 0 Å². The molecule has 2 aromatic rings. The third kappa shape index (κ3) is 3.18. The summed E-state index contributed by atoms with van der Waals surface area (Å²) in [6.45, 7) is 0.261. The Morgan fingerprint density at radius 3 is 3.00 bits per heavy atom. The Hall–Kier alpha value is -1.60. The Labute approximate surface area is 105 Å².